The predicted molar refractivity (Wildman–Crippen MR) is 62.0 cm³/mol. The van der Waals surface area contributed by atoms with Gasteiger partial charge >= 0.3 is 0 Å². The van der Waals surface area contributed by atoms with Crippen molar-refractivity contribution in [2.75, 3.05) is 13.7 Å². The zero-order chi connectivity index (χ0) is 11.5. The first-order valence-corrected chi connectivity index (χ1v) is 5.85. The van der Waals surface area contributed by atoms with Crippen LogP contribution < -0.4 is 5.32 Å². The molecule has 1 aliphatic rings. The van der Waals surface area contributed by atoms with Gasteiger partial charge in [0, 0.05) is 19.2 Å². The van der Waals surface area contributed by atoms with E-state index in [1.54, 1.807) is 7.11 Å². The van der Waals surface area contributed by atoms with Gasteiger partial charge in [0.25, 0.3) is 0 Å². The summed E-state index contributed by atoms with van der Waals surface area (Å²) >= 11 is 0. The molecule has 0 amide bonds. The molecule has 3 nitrogen and oxygen atoms in total. The standard InChI is InChI=1S/C12H25NO2/c1-11(2,3)13-9-12(14)7-5-10(15-4)6-8-12/h10,13-14H,5-9H2,1-4H3. The quantitative estimate of drug-likeness (QED) is 0.753. The third-order valence-corrected chi connectivity index (χ3v) is 3.14. The van der Waals surface area contributed by atoms with Crippen molar-refractivity contribution in [3.8, 4) is 0 Å². The van der Waals surface area contributed by atoms with Gasteiger partial charge < -0.3 is 15.2 Å². The van der Waals surface area contributed by atoms with Gasteiger partial charge in [0.2, 0.25) is 0 Å². The van der Waals surface area contributed by atoms with Crippen LogP contribution in [0.25, 0.3) is 0 Å². The molecule has 0 unspecified atom stereocenters. The molecule has 0 saturated heterocycles. The van der Waals surface area contributed by atoms with E-state index in [9.17, 15) is 5.11 Å². The van der Waals surface area contributed by atoms with E-state index in [1.807, 2.05) is 0 Å². The first kappa shape index (κ1) is 12.9. The number of hydrogen-bond donors (Lipinski definition) is 2. The minimum Gasteiger partial charge on any atom is -0.389 e. The zero-order valence-corrected chi connectivity index (χ0v) is 10.5. The summed E-state index contributed by atoms with van der Waals surface area (Å²) < 4.78 is 5.30. The van der Waals surface area contributed by atoms with Crippen LogP contribution in [0.2, 0.25) is 0 Å². The average molecular weight is 215 g/mol. The van der Waals surface area contributed by atoms with Crippen molar-refractivity contribution in [3.63, 3.8) is 0 Å². The predicted octanol–water partition coefficient (Wildman–Crippen LogP) is 1.69. The van der Waals surface area contributed by atoms with E-state index in [0.717, 1.165) is 25.7 Å². The molecular weight excluding hydrogens is 190 g/mol. The van der Waals surface area contributed by atoms with E-state index in [4.69, 9.17) is 4.74 Å². The maximum atomic E-state index is 10.3. The van der Waals surface area contributed by atoms with Gasteiger partial charge in [-0.2, -0.15) is 0 Å². The Labute approximate surface area is 93.2 Å². The maximum Gasteiger partial charge on any atom is 0.0773 e. The lowest BCUT2D eigenvalue weighted by molar-refractivity contribution is -0.0446. The monoisotopic (exact) mass is 215 g/mol. The highest BCUT2D eigenvalue weighted by Gasteiger charge is 2.33. The fourth-order valence-electron chi connectivity index (χ4n) is 1.97. The fraction of sp³-hybridized carbons (Fsp3) is 1.00. The molecule has 15 heavy (non-hydrogen) atoms. The van der Waals surface area contributed by atoms with Crippen LogP contribution in [0.1, 0.15) is 46.5 Å². The van der Waals surface area contributed by atoms with E-state index in [1.165, 1.54) is 0 Å². The fourth-order valence-corrected chi connectivity index (χ4v) is 1.97. The number of methoxy groups -OCH3 is 1. The Balaban J connectivity index is 2.35. The summed E-state index contributed by atoms with van der Waals surface area (Å²) in [6, 6.07) is 0. The van der Waals surface area contributed by atoms with Crippen LogP contribution >= 0.6 is 0 Å². The van der Waals surface area contributed by atoms with Gasteiger partial charge in [0.05, 0.1) is 11.7 Å². The number of β-amino-alcohol motifs (C(OH)–C–C–N with tert-alkyl or cyclic N) is 1. The summed E-state index contributed by atoms with van der Waals surface area (Å²) in [4.78, 5) is 0. The summed E-state index contributed by atoms with van der Waals surface area (Å²) in [5.41, 5.74) is -0.448. The number of ether oxygens (including phenoxy) is 1. The molecule has 1 rings (SSSR count). The van der Waals surface area contributed by atoms with Crippen molar-refractivity contribution in [1.29, 1.82) is 0 Å². The first-order chi connectivity index (χ1) is 6.85. The molecule has 1 fully saturated rings. The van der Waals surface area contributed by atoms with E-state index in [0.29, 0.717) is 12.6 Å². The lowest BCUT2D eigenvalue weighted by Gasteiger charge is -2.37. The van der Waals surface area contributed by atoms with Gasteiger partial charge in [-0.1, -0.05) is 0 Å². The van der Waals surface area contributed by atoms with Crippen LogP contribution in [0.3, 0.4) is 0 Å². The van der Waals surface area contributed by atoms with E-state index < -0.39 is 5.60 Å². The molecule has 0 radical (unpaired) electrons. The number of hydrogen-bond acceptors (Lipinski definition) is 3. The summed E-state index contributed by atoms with van der Waals surface area (Å²) in [6.07, 6.45) is 3.97. The van der Waals surface area contributed by atoms with Gasteiger partial charge in [0.15, 0.2) is 0 Å². The molecule has 3 heteroatoms. The smallest absolute Gasteiger partial charge is 0.0773 e. The lowest BCUT2D eigenvalue weighted by atomic mass is 9.83. The van der Waals surface area contributed by atoms with Crippen molar-refractivity contribution in [3.05, 3.63) is 0 Å². The van der Waals surface area contributed by atoms with E-state index in [2.05, 4.69) is 26.1 Å². The minimum absolute atomic E-state index is 0.0772. The largest absolute Gasteiger partial charge is 0.389 e. The highest BCUT2D eigenvalue weighted by Crippen LogP contribution is 2.29. The zero-order valence-electron chi connectivity index (χ0n) is 10.5. The lowest BCUT2D eigenvalue weighted by Crippen LogP contribution is -2.49. The second-order valence-corrected chi connectivity index (χ2v) is 5.76. The number of nitrogens with one attached hydrogen (secondary N) is 1. The Morgan fingerprint density at radius 3 is 2.27 bits per heavy atom. The normalized spacial score (nSPS) is 33.0. The summed E-state index contributed by atoms with van der Waals surface area (Å²) in [6.45, 7) is 7.05. The second-order valence-electron chi connectivity index (χ2n) is 5.76. The molecule has 1 aliphatic carbocycles. The highest BCUT2D eigenvalue weighted by molar-refractivity contribution is 4.89. The van der Waals surface area contributed by atoms with Gasteiger partial charge in [0.1, 0.15) is 0 Å². The third kappa shape index (κ3) is 4.49. The summed E-state index contributed by atoms with van der Waals surface area (Å²) in [7, 11) is 1.75. The highest BCUT2D eigenvalue weighted by atomic mass is 16.5. The van der Waals surface area contributed by atoms with Crippen molar-refractivity contribution >= 4 is 0 Å². The van der Waals surface area contributed by atoms with Gasteiger partial charge in [-0.05, 0) is 46.5 Å². The molecule has 0 bridgehead atoms. The van der Waals surface area contributed by atoms with Crippen molar-refractivity contribution in [1.82, 2.24) is 5.32 Å². The van der Waals surface area contributed by atoms with Gasteiger partial charge in [-0.3, -0.25) is 0 Å². The molecule has 0 atom stereocenters. The van der Waals surface area contributed by atoms with Crippen LogP contribution in [-0.2, 0) is 4.74 Å². The molecule has 90 valence electrons. The summed E-state index contributed by atoms with van der Waals surface area (Å²) in [5.74, 6) is 0. The Hall–Kier alpha value is -0.120. The van der Waals surface area contributed by atoms with E-state index >= 15 is 0 Å². The second kappa shape index (κ2) is 4.81. The minimum atomic E-state index is -0.525. The molecule has 2 N–H and O–H groups in total. The summed E-state index contributed by atoms with van der Waals surface area (Å²) in [5, 5.41) is 13.7. The SMILES string of the molecule is COC1CCC(O)(CNC(C)(C)C)CC1. The van der Waals surface area contributed by atoms with Crippen molar-refractivity contribution in [2.24, 2.45) is 0 Å². The van der Waals surface area contributed by atoms with Crippen LogP contribution in [0, 0.1) is 0 Å². The van der Waals surface area contributed by atoms with Gasteiger partial charge in [-0.15, -0.1) is 0 Å². The molecule has 0 aromatic rings. The molecule has 1 saturated carbocycles. The third-order valence-electron chi connectivity index (χ3n) is 3.14. The van der Waals surface area contributed by atoms with Crippen LogP contribution in [0.15, 0.2) is 0 Å². The molecule has 0 aromatic heterocycles. The van der Waals surface area contributed by atoms with Crippen molar-refractivity contribution < 1.29 is 9.84 Å². The maximum absolute atomic E-state index is 10.3. The average Bonchev–Trinajstić information content (AvgIpc) is 2.16. The molecule has 0 spiro atoms. The van der Waals surface area contributed by atoms with Gasteiger partial charge in [-0.25, -0.2) is 0 Å². The topological polar surface area (TPSA) is 41.5 Å². The molecule has 0 heterocycles. The van der Waals surface area contributed by atoms with Crippen LogP contribution in [0.4, 0.5) is 0 Å². The molecule has 0 aromatic carbocycles. The Bertz CT molecular complexity index is 190. The van der Waals surface area contributed by atoms with Crippen LogP contribution in [-0.4, -0.2) is 36.0 Å². The Kier molecular flexibility index (Phi) is 4.15. The van der Waals surface area contributed by atoms with Crippen molar-refractivity contribution in [2.45, 2.75) is 63.7 Å². The Morgan fingerprint density at radius 2 is 1.87 bits per heavy atom. The first-order valence-electron chi connectivity index (χ1n) is 5.85. The molecule has 0 aliphatic heterocycles. The van der Waals surface area contributed by atoms with E-state index in [-0.39, 0.29) is 5.54 Å². The number of aliphatic hydroxyl groups is 1. The number of rotatable bonds is 3. The van der Waals surface area contributed by atoms with Crippen LogP contribution in [0.5, 0.6) is 0 Å². The Morgan fingerprint density at radius 1 is 1.33 bits per heavy atom. The molecular formula is C12H25NO2.